The third kappa shape index (κ3) is 3.84. The summed E-state index contributed by atoms with van der Waals surface area (Å²) in [5, 5.41) is 3.62. The second-order valence-electron chi connectivity index (χ2n) is 7.06. The van der Waals surface area contributed by atoms with Crippen molar-refractivity contribution < 1.29 is 44.3 Å². The van der Waals surface area contributed by atoms with E-state index >= 15 is 0 Å². The summed E-state index contributed by atoms with van der Waals surface area (Å²) in [6.45, 7) is 1.24. The molecule has 176 valence electrons. The van der Waals surface area contributed by atoms with E-state index < -0.39 is 52.4 Å². The number of alkyl halides is 3. The van der Waals surface area contributed by atoms with Crippen LogP contribution in [-0.2, 0) is 11.0 Å². The fourth-order valence-corrected chi connectivity index (χ4v) is 3.19. The fourth-order valence-electron chi connectivity index (χ4n) is 3.19. The lowest BCUT2D eigenvalue weighted by atomic mass is 10.1. The summed E-state index contributed by atoms with van der Waals surface area (Å²) in [5.41, 5.74) is -2.80. The smallest absolute Gasteiger partial charge is 0.416 e. The summed E-state index contributed by atoms with van der Waals surface area (Å²) in [7, 11) is 0. The van der Waals surface area contributed by atoms with Crippen LogP contribution in [0.5, 0.6) is 0 Å². The van der Waals surface area contributed by atoms with E-state index in [0.29, 0.717) is 0 Å². The SMILES string of the molecule is CC1=NN(c2c(F)c(F)c(F)c(F)c2F)C(=O)/C1=C\c1ccc(-c2cccc(C(F)(F)F)c2)o1. The molecule has 2 heterocycles. The van der Waals surface area contributed by atoms with Crippen molar-refractivity contribution in [1.29, 1.82) is 0 Å². The topological polar surface area (TPSA) is 45.8 Å². The van der Waals surface area contributed by atoms with E-state index in [4.69, 9.17) is 4.42 Å². The number of hydrogen-bond acceptors (Lipinski definition) is 3. The van der Waals surface area contributed by atoms with Crippen molar-refractivity contribution in [2.45, 2.75) is 13.1 Å². The van der Waals surface area contributed by atoms with Crippen LogP contribution in [0.4, 0.5) is 40.8 Å². The molecule has 0 N–H and O–H groups in total. The number of benzene rings is 2. The maximum absolute atomic E-state index is 14.1. The predicted octanol–water partition coefficient (Wildman–Crippen LogP) is 6.47. The quantitative estimate of drug-likeness (QED) is 0.185. The summed E-state index contributed by atoms with van der Waals surface area (Å²) in [5.74, 6) is -12.6. The molecule has 3 aromatic rings. The maximum Gasteiger partial charge on any atom is 0.416 e. The van der Waals surface area contributed by atoms with E-state index in [1.54, 1.807) is 0 Å². The zero-order valence-corrected chi connectivity index (χ0v) is 16.8. The number of halogens is 8. The molecule has 0 unspecified atom stereocenters. The van der Waals surface area contributed by atoms with Gasteiger partial charge in [0.2, 0.25) is 5.82 Å². The molecule has 1 aliphatic heterocycles. The van der Waals surface area contributed by atoms with Crippen LogP contribution in [-0.4, -0.2) is 11.6 Å². The molecule has 34 heavy (non-hydrogen) atoms. The first-order chi connectivity index (χ1) is 15.9. The van der Waals surface area contributed by atoms with Crippen LogP contribution in [0.2, 0.25) is 0 Å². The fraction of sp³-hybridized carbons (Fsp3) is 0.0909. The molecule has 1 aliphatic rings. The van der Waals surface area contributed by atoms with Crippen LogP contribution in [0.25, 0.3) is 17.4 Å². The predicted molar refractivity (Wildman–Crippen MR) is 104 cm³/mol. The molecule has 0 saturated carbocycles. The first-order valence-electron chi connectivity index (χ1n) is 9.30. The summed E-state index contributed by atoms with van der Waals surface area (Å²) < 4.78 is 113. The van der Waals surface area contributed by atoms with E-state index in [0.717, 1.165) is 18.2 Å². The van der Waals surface area contributed by atoms with Gasteiger partial charge in [-0.05, 0) is 37.3 Å². The van der Waals surface area contributed by atoms with Crippen LogP contribution in [0, 0.1) is 29.1 Å². The zero-order valence-electron chi connectivity index (χ0n) is 16.8. The summed E-state index contributed by atoms with van der Waals surface area (Å²) >= 11 is 0. The van der Waals surface area contributed by atoms with Crippen LogP contribution < -0.4 is 5.01 Å². The second-order valence-corrected chi connectivity index (χ2v) is 7.06. The third-order valence-corrected chi connectivity index (χ3v) is 4.85. The van der Waals surface area contributed by atoms with Crippen molar-refractivity contribution >= 4 is 23.4 Å². The van der Waals surface area contributed by atoms with Gasteiger partial charge in [0, 0.05) is 5.56 Å². The number of hydrogen-bond donors (Lipinski definition) is 0. The number of amides is 1. The molecule has 12 heteroatoms. The lowest BCUT2D eigenvalue weighted by Crippen LogP contribution is -2.25. The van der Waals surface area contributed by atoms with Crippen LogP contribution in [0.15, 0.2) is 51.5 Å². The number of hydrazone groups is 1. The standard InChI is InChI=1S/C22H10F8N2O2/c1-9-13(21(33)32(31-9)20-18(26)16(24)15(23)17(25)19(20)27)8-12-5-6-14(34-12)10-3-2-4-11(7-10)22(28,29)30/h2-8H,1H3/b13-8-. The molecule has 4 nitrogen and oxygen atoms in total. The Labute approximate surface area is 185 Å². The number of carbonyl (C=O) groups is 1. The minimum atomic E-state index is -4.58. The van der Waals surface area contributed by atoms with Gasteiger partial charge in [0.15, 0.2) is 23.3 Å². The number of anilines is 1. The monoisotopic (exact) mass is 486 g/mol. The number of rotatable bonds is 3. The third-order valence-electron chi connectivity index (χ3n) is 4.85. The lowest BCUT2D eigenvalue weighted by molar-refractivity contribution is -0.137. The van der Waals surface area contributed by atoms with Crippen LogP contribution in [0.3, 0.4) is 0 Å². The Morgan fingerprint density at radius 2 is 1.53 bits per heavy atom. The molecule has 0 radical (unpaired) electrons. The Morgan fingerprint density at radius 3 is 2.15 bits per heavy atom. The first-order valence-corrected chi connectivity index (χ1v) is 9.30. The van der Waals surface area contributed by atoms with E-state index in [2.05, 4.69) is 5.10 Å². The molecule has 4 rings (SSSR count). The molecule has 0 atom stereocenters. The van der Waals surface area contributed by atoms with Gasteiger partial charge in [0.05, 0.1) is 16.8 Å². The summed E-state index contributed by atoms with van der Waals surface area (Å²) in [4.78, 5) is 12.7. The van der Waals surface area contributed by atoms with Crippen molar-refractivity contribution in [3.05, 3.63) is 82.4 Å². The lowest BCUT2D eigenvalue weighted by Gasteiger charge is -2.14. The van der Waals surface area contributed by atoms with Crippen molar-refractivity contribution in [2.75, 3.05) is 5.01 Å². The molecule has 0 saturated heterocycles. The van der Waals surface area contributed by atoms with Gasteiger partial charge in [-0.25, -0.2) is 22.0 Å². The highest BCUT2D eigenvalue weighted by molar-refractivity contribution is 6.32. The number of nitrogens with zero attached hydrogens (tertiary/aromatic N) is 2. The Bertz CT molecular complexity index is 1360. The molecule has 0 spiro atoms. The van der Waals surface area contributed by atoms with E-state index in [9.17, 15) is 39.9 Å². The van der Waals surface area contributed by atoms with Gasteiger partial charge < -0.3 is 4.42 Å². The summed E-state index contributed by atoms with van der Waals surface area (Å²) in [6.07, 6.45) is -3.51. The Balaban J connectivity index is 1.68. The Morgan fingerprint density at radius 1 is 0.912 bits per heavy atom. The van der Waals surface area contributed by atoms with E-state index in [1.165, 1.54) is 31.2 Å². The average Bonchev–Trinajstić information content (AvgIpc) is 3.37. The van der Waals surface area contributed by atoms with Gasteiger partial charge in [0.1, 0.15) is 17.2 Å². The van der Waals surface area contributed by atoms with Crippen molar-refractivity contribution in [2.24, 2.45) is 5.10 Å². The number of furan rings is 1. The molecule has 0 fully saturated rings. The van der Waals surface area contributed by atoms with Crippen LogP contribution in [0.1, 0.15) is 18.2 Å². The van der Waals surface area contributed by atoms with Gasteiger partial charge in [-0.2, -0.15) is 23.3 Å². The molecule has 2 aromatic carbocycles. The first kappa shape index (κ1) is 23.2. The highest BCUT2D eigenvalue weighted by Gasteiger charge is 2.37. The normalized spacial score (nSPS) is 15.4. The molecular formula is C22H10F8N2O2. The van der Waals surface area contributed by atoms with Crippen molar-refractivity contribution in [3.63, 3.8) is 0 Å². The molecule has 0 bridgehead atoms. The molecular weight excluding hydrogens is 476 g/mol. The highest BCUT2D eigenvalue weighted by atomic mass is 19.4. The van der Waals surface area contributed by atoms with Crippen LogP contribution >= 0.6 is 0 Å². The molecule has 1 aromatic heterocycles. The largest absolute Gasteiger partial charge is 0.457 e. The minimum absolute atomic E-state index is 0.0228. The zero-order chi connectivity index (χ0) is 24.9. The van der Waals surface area contributed by atoms with Gasteiger partial charge >= 0.3 is 6.18 Å². The Kier molecular flexibility index (Phi) is 5.54. The van der Waals surface area contributed by atoms with Gasteiger partial charge in [0.25, 0.3) is 5.91 Å². The van der Waals surface area contributed by atoms with Crippen molar-refractivity contribution in [1.82, 2.24) is 0 Å². The second kappa shape index (κ2) is 8.12. The minimum Gasteiger partial charge on any atom is -0.457 e. The average molecular weight is 486 g/mol. The van der Waals surface area contributed by atoms with Gasteiger partial charge in [-0.1, -0.05) is 12.1 Å². The van der Waals surface area contributed by atoms with E-state index in [-0.39, 0.29) is 33.4 Å². The maximum atomic E-state index is 14.1. The summed E-state index contributed by atoms with van der Waals surface area (Å²) in [6, 6.07) is 6.91. The number of carbonyl (C=O) groups excluding carboxylic acids is 1. The van der Waals surface area contributed by atoms with E-state index in [1.807, 2.05) is 0 Å². The van der Waals surface area contributed by atoms with Crippen molar-refractivity contribution in [3.8, 4) is 11.3 Å². The van der Waals surface area contributed by atoms with Gasteiger partial charge in [-0.3, -0.25) is 4.79 Å². The Hall–Kier alpha value is -3.96. The molecule has 0 aliphatic carbocycles. The van der Waals surface area contributed by atoms with Gasteiger partial charge in [-0.15, -0.1) is 0 Å². The highest BCUT2D eigenvalue weighted by Crippen LogP contribution is 2.35. The molecule has 1 amide bonds.